The lowest BCUT2D eigenvalue weighted by Crippen LogP contribution is -2.22. The van der Waals surface area contributed by atoms with Gasteiger partial charge in [-0.05, 0) is 60.7 Å². The molecule has 0 bridgehead atoms. The predicted molar refractivity (Wildman–Crippen MR) is 110 cm³/mol. The Morgan fingerprint density at radius 2 is 1.87 bits per heavy atom. The van der Waals surface area contributed by atoms with Crippen molar-refractivity contribution in [3.8, 4) is 23.2 Å². The number of rotatable bonds is 7. The van der Waals surface area contributed by atoms with Gasteiger partial charge in [0.15, 0.2) is 5.76 Å². The van der Waals surface area contributed by atoms with Crippen molar-refractivity contribution in [3.63, 3.8) is 0 Å². The highest BCUT2D eigenvalue weighted by atomic mass is 35.5. The Bertz CT molecular complexity index is 1220. The minimum Gasteiger partial charge on any atom is -0.486 e. The van der Waals surface area contributed by atoms with Crippen LogP contribution in [0.2, 0.25) is 5.02 Å². The van der Waals surface area contributed by atoms with Crippen LogP contribution in [-0.2, 0) is 13.2 Å². The van der Waals surface area contributed by atoms with E-state index in [0.29, 0.717) is 27.9 Å². The van der Waals surface area contributed by atoms with Gasteiger partial charge in [0.25, 0.3) is 5.91 Å². The first-order valence-electron chi connectivity index (χ1n) is 9.19. The maximum absolute atomic E-state index is 12.3. The van der Waals surface area contributed by atoms with Crippen LogP contribution in [0.15, 0.2) is 69.6 Å². The van der Waals surface area contributed by atoms with Crippen molar-refractivity contribution in [2.75, 3.05) is 0 Å². The minimum atomic E-state index is -0.420. The summed E-state index contributed by atoms with van der Waals surface area (Å²) in [7, 11) is 0. The van der Waals surface area contributed by atoms with Gasteiger partial charge in [-0.2, -0.15) is 10.2 Å². The normalized spacial score (nSPS) is 10.5. The number of halogens is 1. The Kier molecular flexibility index (Phi) is 5.96. The van der Waals surface area contributed by atoms with Crippen LogP contribution in [0.25, 0.3) is 11.4 Å². The van der Waals surface area contributed by atoms with Crippen molar-refractivity contribution in [2.45, 2.75) is 13.2 Å². The lowest BCUT2D eigenvalue weighted by Gasteiger charge is -2.04. The first kappa shape index (κ1) is 20.2. The molecule has 2 aromatic heterocycles. The molecule has 2 heterocycles. The number of ether oxygens (including phenoxy) is 1. The number of furan rings is 1. The van der Waals surface area contributed by atoms with E-state index < -0.39 is 5.91 Å². The molecule has 0 spiro atoms. The number of benzene rings is 2. The summed E-state index contributed by atoms with van der Waals surface area (Å²) in [5.41, 5.74) is 1.30. The molecule has 0 aliphatic heterocycles. The smallest absolute Gasteiger partial charge is 0.287 e. The molecule has 0 radical (unpaired) electrons. The number of nitrogens with one attached hydrogen (secondary N) is 1. The molecule has 9 heteroatoms. The highest BCUT2D eigenvalue weighted by molar-refractivity contribution is 6.30. The summed E-state index contributed by atoms with van der Waals surface area (Å²) >= 11 is 5.87. The molecular formula is C22H15ClN4O4. The number of carbonyl (C=O) groups excluding carboxylic acids is 1. The molecule has 4 aromatic rings. The lowest BCUT2D eigenvalue weighted by molar-refractivity contribution is 0.0914. The fourth-order valence-electron chi connectivity index (χ4n) is 2.64. The van der Waals surface area contributed by atoms with Crippen LogP contribution in [0.4, 0.5) is 0 Å². The third-order valence-electron chi connectivity index (χ3n) is 4.22. The molecule has 0 saturated heterocycles. The number of hydrogen-bond donors (Lipinski definition) is 1. The number of aromatic nitrogens is 2. The van der Waals surface area contributed by atoms with Crippen LogP contribution in [-0.4, -0.2) is 16.0 Å². The summed E-state index contributed by atoms with van der Waals surface area (Å²) < 4.78 is 16.3. The number of hydrogen-bond acceptors (Lipinski definition) is 7. The Morgan fingerprint density at radius 1 is 1.10 bits per heavy atom. The fourth-order valence-corrected chi connectivity index (χ4v) is 2.77. The topological polar surface area (TPSA) is 114 Å². The molecule has 8 nitrogen and oxygen atoms in total. The van der Waals surface area contributed by atoms with E-state index in [9.17, 15) is 4.79 Å². The van der Waals surface area contributed by atoms with Crippen molar-refractivity contribution in [1.82, 2.24) is 15.5 Å². The van der Waals surface area contributed by atoms with Gasteiger partial charge in [-0.3, -0.25) is 4.79 Å². The van der Waals surface area contributed by atoms with Crippen molar-refractivity contribution < 1.29 is 18.5 Å². The molecule has 1 N–H and O–H groups in total. The second-order valence-electron chi connectivity index (χ2n) is 6.39. The molecule has 0 atom stereocenters. The van der Waals surface area contributed by atoms with E-state index in [2.05, 4.69) is 15.5 Å². The fraction of sp³-hybridized carbons (Fsp3) is 0.0909. The van der Waals surface area contributed by atoms with E-state index >= 15 is 0 Å². The quantitative estimate of drug-likeness (QED) is 0.459. The number of carbonyl (C=O) groups is 1. The molecule has 0 aliphatic carbocycles. The standard InChI is InChI=1S/C22H15ClN4O4/c23-16-5-3-15(4-6-16)21-26-20(31-27-21)12-25-22(28)19-10-9-18(30-19)13-29-17-7-1-14(11-24)2-8-17/h1-10H,12-13H2,(H,25,28). The van der Waals surface area contributed by atoms with Crippen LogP contribution in [0.5, 0.6) is 5.75 Å². The molecule has 1 amide bonds. The van der Waals surface area contributed by atoms with Gasteiger partial charge in [0.1, 0.15) is 18.1 Å². The predicted octanol–water partition coefficient (Wildman–Crippen LogP) is 4.36. The van der Waals surface area contributed by atoms with E-state index in [1.54, 1.807) is 60.7 Å². The number of nitrogens with zero attached hydrogens (tertiary/aromatic N) is 3. The van der Waals surface area contributed by atoms with E-state index in [-0.39, 0.29) is 24.8 Å². The molecule has 4 rings (SSSR count). The summed E-state index contributed by atoms with van der Waals surface area (Å²) in [5.74, 6) is 1.45. The van der Waals surface area contributed by atoms with E-state index in [1.165, 1.54) is 0 Å². The second kappa shape index (κ2) is 9.15. The van der Waals surface area contributed by atoms with Gasteiger partial charge in [-0.15, -0.1) is 0 Å². The molecule has 0 unspecified atom stereocenters. The van der Waals surface area contributed by atoms with Gasteiger partial charge in [-0.1, -0.05) is 16.8 Å². The third kappa shape index (κ3) is 5.10. The maximum Gasteiger partial charge on any atom is 0.287 e. The van der Waals surface area contributed by atoms with Gasteiger partial charge in [0.2, 0.25) is 11.7 Å². The van der Waals surface area contributed by atoms with Crippen molar-refractivity contribution in [1.29, 1.82) is 5.26 Å². The zero-order valence-corrected chi connectivity index (χ0v) is 16.8. The van der Waals surface area contributed by atoms with Gasteiger partial charge in [-0.25, -0.2) is 0 Å². The number of amides is 1. The van der Waals surface area contributed by atoms with Crippen molar-refractivity contribution >= 4 is 17.5 Å². The van der Waals surface area contributed by atoms with Gasteiger partial charge in [0.05, 0.1) is 18.2 Å². The molecule has 0 aliphatic rings. The summed E-state index contributed by atoms with van der Waals surface area (Å²) in [6, 6.07) is 19.0. The summed E-state index contributed by atoms with van der Waals surface area (Å²) in [6.07, 6.45) is 0. The largest absolute Gasteiger partial charge is 0.486 e. The van der Waals surface area contributed by atoms with E-state index in [0.717, 1.165) is 5.56 Å². The zero-order valence-electron chi connectivity index (χ0n) is 16.0. The Balaban J connectivity index is 1.30. The highest BCUT2D eigenvalue weighted by Crippen LogP contribution is 2.19. The Labute approximate surface area is 182 Å². The van der Waals surface area contributed by atoms with Crippen LogP contribution in [0, 0.1) is 11.3 Å². The first-order chi connectivity index (χ1) is 15.1. The lowest BCUT2D eigenvalue weighted by atomic mass is 10.2. The zero-order chi connectivity index (χ0) is 21.6. The molecule has 0 saturated carbocycles. The molecule has 154 valence electrons. The Hall–Kier alpha value is -4.09. The SMILES string of the molecule is N#Cc1ccc(OCc2ccc(C(=O)NCc3nc(-c4ccc(Cl)cc4)no3)o2)cc1. The van der Waals surface area contributed by atoms with Crippen LogP contribution in [0.1, 0.15) is 27.8 Å². The van der Waals surface area contributed by atoms with Gasteiger partial charge in [0, 0.05) is 10.6 Å². The average Bonchev–Trinajstić information content (AvgIpc) is 3.47. The van der Waals surface area contributed by atoms with Crippen molar-refractivity contribution in [2.24, 2.45) is 0 Å². The minimum absolute atomic E-state index is 0.0528. The second-order valence-corrected chi connectivity index (χ2v) is 6.83. The van der Waals surface area contributed by atoms with Gasteiger partial charge < -0.3 is 19.0 Å². The first-order valence-corrected chi connectivity index (χ1v) is 9.57. The molecule has 31 heavy (non-hydrogen) atoms. The molecule has 2 aromatic carbocycles. The van der Waals surface area contributed by atoms with Crippen molar-refractivity contribution in [3.05, 3.63) is 88.7 Å². The van der Waals surface area contributed by atoms with E-state index in [4.69, 9.17) is 30.5 Å². The van der Waals surface area contributed by atoms with Gasteiger partial charge >= 0.3 is 0 Å². The summed E-state index contributed by atoms with van der Waals surface area (Å²) in [4.78, 5) is 16.6. The highest BCUT2D eigenvalue weighted by Gasteiger charge is 2.14. The number of nitriles is 1. The Morgan fingerprint density at radius 3 is 2.61 bits per heavy atom. The van der Waals surface area contributed by atoms with Crippen LogP contribution in [0.3, 0.4) is 0 Å². The summed E-state index contributed by atoms with van der Waals surface area (Å²) in [6.45, 7) is 0.199. The molecule has 0 fully saturated rings. The van der Waals surface area contributed by atoms with Crippen LogP contribution < -0.4 is 10.1 Å². The summed E-state index contributed by atoms with van der Waals surface area (Å²) in [5, 5.41) is 16.0. The van der Waals surface area contributed by atoms with Crippen LogP contribution >= 0.6 is 11.6 Å². The van der Waals surface area contributed by atoms with E-state index in [1.807, 2.05) is 6.07 Å². The third-order valence-corrected chi connectivity index (χ3v) is 4.47. The monoisotopic (exact) mass is 434 g/mol. The average molecular weight is 435 g/mol. The molecular weight excluding hydrogens is 420 g/mol. The maximum atomic E-state index is 12.3.